The SMILES string of the molecule is [2H]C(=O)[C@@](N)(C(=O)[C@H](C)NC(C)=O)[C@@H](O)[C@H](O)[C@H](O)C(=O)O. The maximum absolute atomic E-state index is 12.1. The van der Waals surface area contributed by atoms with Gasteiger partial charge in [-0.05, 0) is 6.92 Å². The average molecular weight is 307 g/mol. The number of amides is 1. The Morgan fingerprint density at radius 1 is 1.33 bits per heavy atom. The van der Waals surface area contributed by atoms with Crippen LogP contribution < -0.4 is 11.1 Å². The molecule has 0 aromatic heterocycles. The second-order valence-electron chi connectivity index (χ2n) is 4.48. The Balaban J connectivity index is 5.58. The van der Waals surface area contributed by atoms with Gasteiger partial charge in [0, 0.05) is 6.92 Å². The molecule has 10 heteroatoms. The Morgan fingerprint density at radius 2 is 1.81 bits per heavy atom. The third-order valence-electron chi connectivity index (χ3n) is 2.76. The molecule has 0 heterocycles. The van der Waals surface area contributed by atoms with E-state index in [-0.39, 0.29) is 0 Å². The van der Waals surface area contributed by atoms with Crippen molar-refractivity contribution in [1.29, 1.82) is 0 Å². The fourth-order valence-corrected chi connectivity index (χ4v) is 1.57. The molecule has 0 aromatic carbocycles. The molecule has 0 radical (unpaired) electrons. The maximum atomic E-state index is 12.1. The van der Waals surface area contributed by atoms with E-state index >= 15 is 0 Å². The molecule has 1 amide bonds. The molecule has 0 fully saturated rings. The fraction of sp³-hybridized carbons (Fsp3) is 0.636. The van der Waals surface area contributed by atoms with Crippen molar-refractivity contribution in [2.24, 2.45) is 5.73 Å². The molecule has 0 spiro atoms. The minimum Gasteiger partial charge on any atom is -0.479 e. The topological polar surface area (TPSA) is 187 Å². The lowest BCUT2D eigenvalue weighted by Gasteiger charge is -2.33. The van der Waals surface area contributed by atoms with Gasteiger partial charge in [0.05, 0.1) is 6.04 Å². The quantitative estimate of drug-likeness (QED) is 0.193. The highest BCUT2D eigenvalue weighted by Crippen LogP contribution is 2.15. The van der Waals surface area contributed by atoms with Crippen molar-refractivity contribution in [1.82, 2.24) is 5.32 Å². The number of aliphatic hydroxyl groups excluding tert-OH is 3. The maximum Gasteiger partial charge on any atom is 0.335 e. The third-order valence-corrected chi connectivity index (χ3v) is 2.76. The van der Waals surface area contributed by atoms with Gasteiger partial charge in [0.25, 0.3) is 0 Å². The first-order valence-corrected chi connectivity index (χ1v) is 5.75. The van der Waals surface area contributed by atoms with E-state index in [0.29, 0.717) is 0 Å². The number of carboxylic acids is 1. The monoisotopic (exact) mass is 307 g/mol. The Labute approximate surface area is 121 Å². The van der Waals surface area contributed by atoms with Crippen LogP contribution in [0.2, 0.25) is 0 Å². The number of aliphatic carboxylic acids is 1. The van der Waals surface area contributed by atoms with Gasteiger partial charge in [-0.2, -0.15) is 0 Å². The number of carbonyl (C=O) groups excluding carboxylic acids is 3. The summed E-state index contributed by atoms with van der Waals surface area (Å²) in [5, 5.41) is 39.1. The third kappa shape index (κ3) is 4.29. The molecular formula is C11H18N2O8. The van der Waals surface area contributed by atoms with Crippen LogP contribution in [0.4, 0.5) is 0 Å². The molecule has 21 heavy (non-hydrogen) atoms. The number of aldehydes is 1. The molecule has 0 saturated carbocycles. The van der Waals surface area contributed by atoms with Gasteiger partial charge in [0.15, 0.2) is 17.4 Å². The van der Waals surface area contributed by atoms with Crippen molar-refractivity contribution >= 4 is 23.9 Å². The van der Waals surface area contributed by atoms with Crippen LogP contribution in [0.1, 0.15) is 15.2 Å². The Hall–Kier alpha value is -1.88. The van der Waals surface area contributed by atoms with Gasteiger partial charge < -0.3 is 36.3 Å². The van der Waals surface area contributed by atoms with Gasteiger partial charge in [-0.25, -0.2) is 4.79 Å². The van der Waals surface area contributed by atoms with Gasteiger partial charge in [-0.3, -0.25) is 9.59 Å². The van der Waals surface area contributed by atoms with Crippen LogP contribution in [0, 0.1) is 0 Å². The molecule has 0 bridgehead atoms. The smallest absolute Gasteiger partial charge is 0.335 e. The van der Waals surface area contributed by atoms with Crippen LogP contribution in [0.3, 0.4) is 0 Å². The molecule has 0 aliphatic heterocycles. The first-order valence-electron chi connectivity index (χ1n) is 6.25. The normalized spacial score (nSPS) is 20.2. The Bertz CT molecular complexity index is 485. The summed E-state index contributed by atoms with van der Waals surface area (Å²) in [5.74, 6) is -3.93. The van der Waals surface area contributed by atoms with Gasteiger partial charge in [0.1, 0.15) is 19.8 Å². The highest BCUT2D eigenvalue weighted by molar-refractivity contribution is 6.07. The van der Waals surface area contributed by atoms with Crippen LogP contribution in [-0.2, 0) is 19.2 Å². The summed E-state index contributed by atoms with van der Waals surface area (Å²) < 4.78 is 7.01. The number of nitrogens with one attached hydrogen (secondary N) is 1. The highest BCUT2D eigenvalue weighted by atomic mass is 16.4. The number of Topliss-reactive ketones (excluding diaryl/α,β-unsaturated/α-hetero) is 1. The van der Waals surface area contributed by atoms with E-state index in [0.717, 1.165) is 13.8 Å². The summed E-state index contributed by atoms with van der Waals surface area (Å²) >= 11 is 0. The average Bonchev–Trinajstić information content (AvgIpc) is 2.41. The molecule has 10 nitrogen and oxygen atoms in total. The van der Waals surface area contributed by atoms with E-state index in [2.05, 4.69) is 5.32 Å². The van der Waals surface area contributed by atoms with E-state index in [1.807, 2.05) is 0 Å². The lowest BCUT2D eigenvalue weighted by molar-refractivity contribution is -0.164. The number of rotatable bonds is 8. The molecule has 0 aliphatic rings. The van der Waals surface area contributed by atoms with Crippen molar-refractivity contribution < 1.29 is 41.0 Å². The number of carbonyl (C=O) groups is 4. The van der Waals surface area contributed by atoms with Crippen LogP contribution in [-0.4, -0.2) is 74.2 Å². The molecule has 0 aromatic rings. The summed E-state index contributed by atoms with van der Waals surface area (Å²) in [6.45, 7) is 2.17. The zero-order chi connectivity index (χ0) is 17.8. The summed E-state index contributed by atoms with van der Waals surface area (Å²) in [6.07, 6.45) is -9.45. The largest absolute Gasteiger partial charge is 0.479 e. The number of aliphatic hydroxyl groups is 3. The Morgan fingerprint density at radius 3 is 2.14 bits per heavy atom. The van der Waals surface area contributed by atoms with E-state index in [4.69, 9.17) is 17.3 Å². The summed E-state index contributed by atoms with van der Waals surface area (Å²) in [7, 11) is 0. The summed E-state index contributed by atoms with van der Waals surface area (Å²) in [4.78, 5) is 44.9. The van der Waals surface area contributed by atoms with Crippen LogP contribution in [0.25, 0.3) is 0 Å². The molecule has 0 aliphatic carbocycles. The van der Waals surface area contributed by atoms with Crippen molar-refractivity contribution in [3.8, 4) is 0 Å². The van der Waals surface area contributed by atoms with Crippen molar-refractivity contribution in [2.75, 3.05) is 0 Å². The Kier molecular flexibility index (Phi) is 5.90. The van der Waals surface area contributed by atoms with Crippen LogP contribution in [0.5, 0.6) is 0 Å². The number of nitrogens with two attached hydrogens (primary N) is 1. The van der Waals surface area contributed by atoms with Crippen molar-refractivity contribution in [3.05, 3.63) is 0 Å². The van der Waals surface area contributed by atoms with Crippen molar-refractivity contribution in [3.63, 3.8) is 0 Å². The van der Waals surface area contributed by atoms with E-state index in [1.165, 1.54) is 0 Å². The number of ketones is 1. The van der Waals surface area contributed by atoms with Gasteiger partial charge in [-0.15, -0.1) is 0 Å². The van der Waals surface area contributed by atoms with Crippen molar-refractivity contribution in [2.45, 2.75) is 43.7 Å². The molecule has 5 atom stereocenters. The van der Waals surface area contributed by atoms with Gasteiger partial charge in [0.2, 0.25) is 5.91 Å². The fourth-order valence-electron chi connectivity index (χ4n) is 1.57. The molecule has 0 rings (SSSR count). The van der Waals surface area contributed by atoms with E-state index in [9.17, 15) is 29.4 Å². The number of hydrogen-bond acceptors (Lipinski definition) is 8. The zero-order valence-electron chi connectivity index (χ0n) is 12.3. The predicted octanol–water partition coefficient (Wildman–Crippen LogP) is -3.86. The first-order chi connectivity index (χ1) is 9.87. The molecule has 0 saturated heterocycles. The lowest BCUT2D eigenvalue weighted by atomic mass is 9.82. The highest BCUT2D eigenvalue weighted by Gasteiger charge is 2.49. The van der Waals surface area contributed by atoms with Gasteiger partial charge >= 0.3 is 5.97 Å². The summed E-state index contributed by atoms with van der Waals surface area (Å²) in [5.41, 5.74) is 2.36. The molecular weight excluding hydrogens is 288 g/mol. The van der Waals surface area contributed by atoms with E-state index in [1.54, 1.807) is 0 Å². The predicted molar refractivity (Wildman–Crippen MR) is 66.9 cm³/mol. The molecule has 120 valence electrons. The summed E-state index contributed by atoms with van der Waals surface area (Å²) in [6, 6.07) is -1.40. The standard InChI is InChI=1S/C11H18N2O8/c1-4(13-5(2)15)8(18)11(12,3-14)9(19)6(16)7(17)10(20)21/h3-4,6-7,9,16-17,19H,12H2,1-2H3,(H,13,15)(H,20,21)/t4-,6+,7-,9-,11+/m0/s1/i3D. The first kappa shape index (κ1) is 17.2. The second-order valence-corrected chi connectivity index (χ2v) is 4.48. The van der Waals surface area contributed by atoms with Gasteiger partial charge in [-0.1, -0.05) is 0 Å². The lowest BCUT2D eigenvalue weighted by Crippen LogP contribution is -2.68. The minimum atomic E-state index is -3.03. The van der Waals surface area contributed by atoms with Crippen LogP contribution >= 0.6 is 0 Å². The number of hydrogen-bond donors (Lipinski definition) is 6. The molecule has 7 N–H and O–H groups in total. The molecule has 0 unspecified atom stereocenters. The second kappa shape index (κ2) is 7.22. The van der Waals surface area contributed by atoms with E-state index < -0.39 is 53.8 Å². The number of carboxylic acid groups (broad SMARTS) is 1. The zero-order valence-corrected chi connectivity index (χ0v) is 11.3. The minimum absolute atomic E-state index is 0.666. The van der Waals surface area contributed by atoms with Crippen LogP contribution in [0.15, 0.2) is 0 Å².